The fourth-order valence-electron chi connectivity index (χ4n) is 1.64. The summed E-state index contributed by atoms with van der Waals surface area (Å²) in [7, 11) is 0. The van der Waals surface area contributed by atoms with Crippen LogP contribution in [0.25, 0.3) is 0 Å². The van der Waals surface area contributed by atoms with Crippen molar-refractivity contribution in [2.45, 2.75) is 6.42 Å². The molecular weight excluding hydrogens is 313 g/mol. The van der Waals surface area contributed by atoms with Gasteiger partial charge in [0.2, 0.25) is 5.91 Å². The van der Waals surface area contributed by atoms with Gasteiger partial charge in [0.05, 0.1) is 12.1 Å². The van der Waals surface area contributed by atoms with Crippen molar-refractivity contribution in [2.24, 2.45) is 0 Å². The SMILES string of the molecule is O=C(Cc1cccc(O)c1)Nc1ccc(Br)cc1F. The Morgan fingerprint density at radius 2 is 2.05 bits per heavy atom. The van der Waals surface area contributed by atoms with Crippen molar-refractivity contribution < 1.29 is 14.3 Å². The molecule has 2 aromatic carbocycles. The molecule has 0 aliphatic carbocycles. The molecule has 0 fully saturated rings. The van der Waals surface area contributed by atoms with Gasteiger partial charge in [0.15, 0.2) is 0 Å². The molecule has 0 aromatic heterocycles. The van der Waals surface area contributed by atoms with E-state index in [2.05, 4.69) is 21.2 Å². The molecule has 0 radical (unpaired) electrons. The second-order valence-corrected chi connectivity index (χ2v) is 4.93. The molecule has 0 bridgehead atoms. The zero-order chi connectivity index (χ0) is 13.8. The van der Waals surface area contributed by atoms with Gasteiger partial charge in [-0.05, 0) is 35.9 Å². The first kappa shape index (κ1) is 13.5. The third-order valence-corrected chi connectivity index (χ3v) is 2.97. The van der Waals surface area contributed by atoms with E-state index in [4.69, 9.17) is 0 Å². The van der Waals surface area contributed by atoms with Crippen LogP contribution in [0.1, 0.15) is 5.56 Å². The lowest BCUT2D eigenvalue weighted by atomic mass is 10.1. The molecule has 1 amide bonds. The van der Waals surface area contributed by atoms with Gasteiger partial charge in [0.25, 0.3) is 0 Å². The molecule has 2 rings (SSSR count). The van der Waals surface area contributed by atoms with E-state index in [9.17, 15) is 14.3 Å². The average molecular weight is 324 g/mol. The number of anilines is 1. The summed E-state index contributed by atoms with van der Waals surface area (Å²) in [4.78, 5) is 11.8. The molecule has 0 spiro atoms. The zero-order valence-corrected chi connectivity index (χ0v) is 11.4. The molecule has 19 heavy (non-hydrogen) atoms. The standard InChI is InChI=1S/C14H11BrFNO2/c15-10-4-5-13(12(16)8-10)17-14(19)7-9-2-1-3-11(18)6-9/h1-6,8,18H,7H2,(H,17,19). The summed E-state index contributed by atoms with van der Waals surface area (Å²) in [6.45, 7) is 0. The topological polar surface area (TPSA) is 49.3 Å². The van der Waals surface area contributed by atoms with Gasteiger partial charge in [-0.2, -0.15) is 0 Å². The van der Waals surface area contributed by atoms with E-state index < -0.39 is 5.82 Å². The Morgan fingerprint density at radius 3 is 2.74 bits per heavy atom. The van der Waals surface area contributed by atoms with E-state index in [0.29, 0.717) is 10.0 Å². The minimum absolute atomic E-state index is 0.0733. The zero-order valence-electron chi connectivity index (χ0n) is 9.86. The second-order valence-electron chi connectivity index (χ2n) is 4.02. The average Bonchev–Trinajstić information content (AvgIpc) is 2.33. The van der Waals surface area contributed by atoms with Gasteiger partial charge in [-0.3, -0.25) is 4.79 Å². The van der Waals surface area contributed by atoms with Crippen LogP contribution < -0.4 is 5.32 Å². The number of nitrogens with one attached hydrogen (secondary N) is 1. The smallest absolute Gasteiger partial charge is 0.228 e. The van der Waals surface area contributed by atoms with Gasteiger partial charge < -0.3 is 10.4 Å². The van der Waals surface area contributed by atoms with Crippen LogP contribution in [-0.2, 0) is 11.2 Å². The van der Waals surface area contributed by atoms with E-state index in [1.807, 2.05) is 0 Å². The van der Waals surface area contributed by atoms with Crippen LogP contribution in [0, 0.1) is 5.82 Å². The molecule has 5 heteroatoms. The van der Waals surface area contributed by atoms with Gasteiger partial charge in [0, 0.05) is 4.47 Å². The Kier molecular flexibility index (Phi) is 4.16. The lowest BCUT2D eigenvalue weighted by Gasteiger charge is -2.07. The molecule has 2 aromatic rings. The predicted molar refractivity (Wildman–Crippen MR) is 74.5 cm³/mol. The number of rotatable bonds is 3. The summed E-state index contributed by atoms with van der Waals surface area (Å²) >= 11 is 3.14. The normalized spacial score (nSPS) is 10.2. The number of benzene rings is 2. The monoisotopic (exact) mass is 323 g/mol. The summed E-state index contributed by atoms with van der Waals surface area (Å²) in [6.07, 6.45) is 0.0733. The first-order valence-corrected chi connectivity index (χ1v) is 6.37. The van der Waals surface area contributed by atoms with Gasteiger partial charge in [-0.1, -0.05) is 28.1 Å². The highest BCUT2D eigenvalue weighted by Gasteiger charge is 2.08. The van der Waals surface area contributed by atoms with Gasteiger partial charge in [-0.25, -0.2) is 4.39 Å². The van der Waals surface area contributed by atoms with E-state index in [0.717, 1.165) is 0 Å². The van der Waals surface area contributed by atoms with Crippen LogP contribution in [0.15, 0.2) is 46.9 Å². The lowest BCUT2D eigenvalue weighted by molar-refractivity contribution is -0.115. The van der Waals surface area contributed by atoms with Crippen LogP contribution in [0.2, 0.25) is 0 Å². The largest absolute Gasteiger partial charge is 0.508 e. The quantitative estimate of drug-likeness (QED) is 0.908. The van der Waals surface area contributed by atoms with Crippen molar-refractivity contribution in [1.82, 2.24) is 0 Å². The van der Waals surface area contributed by atoms with Crippen molar-refractivity contribution in [3.8, 4) is 5.75 Å². The van der Waals surface area contributed by atoms with E-state index in [-0.39, 0.29) is 23.8 Å². The molecule has 3 nitrogen and oxygen atoms in total. The Labute approximate surface area is 118 Å². The third kappa shape index (κ3) is 3.79. The maximum Gasteiger partial charge on any atom is 0.228 e. The summed E-state index contributed by atoms with van der Waals surface area (Å²) < 4.78 is 14.1. The Morgan fingerprint density at radius 1 is 1.26 bits per heavy atom. The Hall–Kier alpha value is -1.88. The van der Waals surface area contributed by atoms with Gasteiger partial charge >= 0.3 is 0 Å². The van der Waals surface area contributed by atoms with Crippen LogP contribution in [-0.4, -0.2) is 11.0 Å². The first-order valence-electron chi connectivity index (χ1n) is 5.57. The van der Waals surface area contributed by atoms with Crippen LogP contribution >= 0.6 is 15.9 Å². The minimum Gasteiger partial charge on any atom is -0.508 e. The van der Waals surface area contributed by atoms with Crippen molar-refractivity contribution in [3.63, 3.8) is 0 Å². The maximum atomic E-state index is 13.5. The molecule has 0 aliphatic rings. The highest BCUT2D eigenvalue weighted by molar-refractivity contribution is 9.10. The predicted octanol–water partition coefficient (Wildman–Crippen LogP) is 3.48. The molecule has 2 N–H and O–H groups in total. The molecule has 0 unspecified atom stereocenters. The molecule has 0 atom stereocenters. The molecule has 98 valence electrons. The van der Waals surface area contributed by atoms with Crippen molar-refractivity contribution in [1.29, 1.82) is 0 Å². The third-order valence-electron chi connectivity index (χ3n) is 2.48. The van der Waals surface area contributed by atoms with Crippen LogP contribution in [0.3, 0.4) is 0 Å². The maximum absolute atomic E-state index is 13.5. The molecule has 0 saturated heterocycles. The number of amides is 1. The van der Waals surface area contributed by atoms with Crippen molar-refractivity contribution in [2.75, 3.05) is 5.32 Å². The summed E-state index contributed by atoms with van der Waals surface area (Å²) in [5, 5.41) is 11.8. The lowest BCUT2D eigenvalue weighted by Crippen LogP contribution is -2.15. The number of carbonyl (C=O) groups is 1. The Bertz CT molecular complexity index is 616. The fourth-order valence-corrected chi connectivity index (χ4v) is 1.97. The van der Waals surface area contributed by atoms with Crippen molar-refractivity contribution in [3.05, 3.63) is 58.3 Å². The van der Waals surface area contributed by atoms with E-state index >= 15 is 0 Å². The van der Waals surface area contributed by atoms with Crippen LogP contribution in [0.5, 0.6) is 5.75 Å². The molecule has 0 saturated carbocycles. The molecular formula is C14H11BrFNO2. The fraction of sp³-hybridized carbons (Fsp3) is 0.0714. The Balaban J connectivity index is 2.05. The van der Waals surface area contributed by atoms with E-state index in [1.165, 1.54) is 24.3 Å². The highest BCUT2D eigenvalue weighted by atomic mass is 79.9. The van der Waals surface area contributed by atoms with Gasteiger partial charge in [-0.15, -0.1) is 0 Å². The summed E-state index contributed by atoms with van der Waals surface area (Å²) in [6, 6.07) is 10.8. The van der Waals surface area contributed by atoms with Gasteiger partial charge in [0.1, 0.15) is 11.6 Å². The summed E-state index contributed by atoms with van der Waals surface area (Å²) in [5.41, 5.74) is 0.795. The summed E-state index contributed by atoms with van der Waals surface area (Å²) in [5.74, 6) is -0.745. The molecule has 0 heterocycles. The number of halogens is 2. The number of phenolic OH excluding ortho intramolecular Hbond substituents is 1. The van der Waals surface area contributed by atoms with Crippen molar-refractivity contribution >= 4 is 27.5 Å². The first-order chi connectivity index (χ1) is 9.04. The number of aromatic hydroxyl groups is 1. The number of hydrogen-bond acceptors (Lipinski definition) is 2. The minimum atomic E-state index is -0.501. The molecule has 0 aliphatic heterocycles. The number of carbonyl (C=O) groups excluding carboxylic acids is 1. The van der Waals surface area contributed by atoms with Crippen LogP contribution in [0.4, 0.5) is 10.1 Å². The highest BCUT2D eigenvalue weighted by Crippen LogP contribution is 2.19. The van der Waals surface area contributed by atoms with E-state index in [1.54, 1.807) is 18.2 Å². The number of phenols is 1. The number of hydrogen-bond donors (Lipinski definition) is 2. The second kappa shape index (κ2) is 5.84.